The summed E-state index contributed by atoms with van der Waals surface area (Å²) in [5.41, 5.74) is 13.0. The van der Waals surface area contributed by atoms with Gasteiger partial charge in [0.05, 0.1) is 11.4 Å². The fourth-order valence-electron chi connectivity index (χ4n) is 3.29. The van der Waals surface area contributed by atoms with Gasteiger partial charge in [-0.1, -0.05) is 83.5 Å². The molecule has 5 heteroatoms. The average molecular weight is 519 g/mol. The van der Waals surface area contributed by atoms with Crippen molar-refractivity contribution in [2.24, 2.45) is 4.99 Å². The van der Waals surface area contributed by atoms with Gasteiger partial charge in [0.25, 0.3) is 0 Å². The molecule has 0 aliphatic carbocycles. The van der Waals surface area contributed by atoms with Crippen LogP contribution in [0, 0.1) is 0 Å². The smallest absolute Gasteiger partial charge is 0.111 e. The zero-order valence-corrected chi connectivity index (χ0v) is 24.4. The predicted octanol–water partition coefficient (Wildman–Crippen LogP) is 9.46. The van der Waals surface area contributed by atoms with Crippen LogP contribution in [0.4, 0.5) is 22.7 Å². The number of para-hydroxylation sites is 2. The van der Waals surface area contributed by atoms with Gasteiger partial charge in [-0.2, -0.15) is 12.6 Å². The summed E-state index contributed by atoms with van der Waals surface area (Å²) < 4.78 is 0. The number of benzene rings is 3. The Labute approximate surface area is 230 Å². The van der Waals surface area contributed by atoms with Gasteiger partial charge < -0.3 is 16.4 Å². The number of rotatable bonds is 9. The van der Waals surface area contributed by atoms with Crippen molar-refractivity contribution < 1.29 is 0 Å². The van der Waals surface area contributed by atoms with E-state index in [1.165, 1.54) is 18.4 Å². The number of nitrogens with one attached hydrogen (secondary N) is 2. The minimum atomic E-state index is 0.553. The van der Waals surface area contributed by atoms with Crippen LogP contribution in [-0.2, 0) is 6.42 Å². The van der Waals surface area contributed by atoms with Crippen molar-refractivity contribution in [1.29, 1.82) is 0 Å². The molecular weight excluding hydrogens is 472 g/mol. The average Bonchev–Trinajstić information content (AvgIpc) is 2.92. The van der Waals surface area contributed by atoms with Crippen LogP contribution in [-0.4, -0.2) is 12.1 Å². The van der Waals surface area contributed by atoms with E-state index in [2.05, 4.69) is 106 Å². The lowest BCUT2D eigenvalue weighted by molar-refractivity contribution is 0.734. The molecule has 0 heterocycles. The van der Waals surface area contributed by atoms with Gasteiger partial charge in [-0.15, -0.1) is 0 Å². The first-order chi connectivity index (χ1) is 17.9. The maximum Gasteiger partial charge on any atom is 0.111 e. The highest BCUT2D eigenvalue weighted by molar-refractivity contribution is 7.79. The summed E-state index contributed by atoms with van der Waals surface area (Å²) in [4.78, 5) is 4.84. The molecule has 1 atom stereocenters. The summed E-state index contributed by atoms with van der Waals surface area (Å²) in [7, 11) is 0. The normalized spacial score (nSPS) is 11.3. The van der Waals surface area contributed by atoms with Crippen LogP contribution < -0.4 is 16.4 Å². The third kappa shape index (κ3) is 12.1. The van der Waals surface area contributed by atoms with Crippen LogP contribution >= 0.6 is 12.6 Å². The number of anilines is 3. The maximum atomic E-state index is 6.14. The molecule has 3 aromatic rings. The SMILES string of the molecule is C=C(C)Nc1ccc(CC(=Nc2ccccc2N)Nc2ccc(C(C)CC)cc2)cc1.CCCC.CS. The number of unbranched alkanes of at least 4 members (excludes halogenated alkanes) is 1. The molecule has 0 amide bonds. The Bertz CT molecular complexity index is 1070. The summed E-state index contributed by atoms with van der Waals surface area (Å²) in [5.74, 6) is 1.40. The lowest BCUT2D eigenvalue weighted by atomic mass is 9.98. The Morgan fingerprint density at radius 2 is 1.41 bits per heavy atom. The summed E-state index contributed by atoms with van der Waals surface area (Å²) in [6, 6.07) is 24.6. The highest BCUT2D eigenvalue weighted by Gasteiger charge is 2.07. The first kappa shape index (κ1) is 31.8. The highest BCUT2D eigenvalue weighted by Crippen LogP contribution is 2.24. The molecule has 0 aromatic heterocycles. The maximum absolute atomic E-state index is 6.14. The van der Waals surface area contributed by atoms with Crippen molar-refractivity contribution in [2.45, 2.75) is 66.2 Å². The Hall–Kier alpha value is -3.18. The third-order valence-electron chi connectivity index (χ3n) is 5.76. The van der Waals surface area contributed by atoms with Crippen molar-refractivity contribution in [3.63, 3.8) is 0 Å². The predicted molar refractivity (Wildman–Crippen MR) is 171 cm³/mol. The number of nitrogen functional groups attached to an aromatic ring is 1. The molecular formula is C32H46N4S. The molecule has 0 saturated heterocycles. The molecule has 1 unspecified atom stereocenters. The lowest BCUT2D eigenvalue weighted by Crippen LogP contribution is -2.15. The Balaban J connectivity index is 0.00000104. The summed E-state index contributed by atoms with van der Waals surface area (Å²) in [6.07, 6.45) is 6.12. The fraction of sp³-hybridized carbons (Fsp3) is 0.344. The van der Waals surface area contributed by atoms with E-state index in [-0.39, 0.29) is 0 Å². The monoisotopic (exact) mass is 518 g/mol. The number of hydrogen-bond acceptors (Lipinski definition) is 4. The molecule has 0 aliphatic heterocycles. The van der Waals surface area contributed by atoms with Gasteiger partial charge in [0.1, 0.15) is 5.84 Å². The second-order valence-corrected chi connectivity index (χ2v) is 8.95. The third-order valence-corrected chi connectivity index (χ3v) is 5.76. The quantitative estimate of drug-likeness (QED) is 0.0987. The van der Waals surface area contributed by atoms with Gasteiger partial charge in [-0.3, -0.25) is 0 Å². The largest absolute Gasteiger partial charge is 0.397 e. The van der Waals surface area contributed by atoms with Gasteiger partial charge in [-0.25, -0.2) is 4.99 Å². The zero-order valence-electron chi connectivity index (χ0n) is 23.5. The fourth-order valence-corrected chi connectivity index (χ4v) is 3.29. The summed E-state index contributed by atoms with van der Waals surface area (Å²) in [5, 5.41) is 6.73. The van der Waals surface area contributed by atoms with Crippen LogP contribution in [0.2, 0.25) is 0 Å². The molecule has 3 rings (SSSR count). The highest BCUT2D eigenvalue weighted by atomic mass is 32.1. The summed E-state index contributed by atoms with van der Waals surface area (Å²) in [6.45, 7) is 14.7. The van der Waals surface area contributed by atoms with E-state index in [0.29, 0.717) is 18.0 Å². The summed E-state index contributed by atoms with van der Waals surface area (Å²) >= 11 is 3.53. The van der Waals surface area contributed by atoms with Crippen LogP contribution in [0.25, 0.3) is 0 Å². The number of aliphatic imine (C=N–C) groups is 1. The van der Waals surface area contributed by atoms with E-state index in [1.54, 1.807) is 6.26 Å². The molecule has 0 spiro atoms. The standard InChI is InChI=1S/C27H32N4.C4H10.CH4S/c1-5-20(4)22-12-16-24(17-13-22)30-27(31-26-9-7-6-8-25(26)28)18-21-10-14-23(15-11-21)29-19(2)3;1-3-4-2;1-2/h6-17,20,29H,2,5,18,28H2,1,3-4H3,(H,30,31);3-4H2,1-2H3;2H,1H3. The van der Waals surface area contributed by atoms with Crippen molar-refractivity contribution >= 4 is 41.2 Å². The molecule has 0 fully saturated rings. The van der Waals surface area contributed by atoms with Gasteiger partial charge in [0, 0.05) is 23.5 Å². The van der Waals surface area contributed by atoms with Crippen LogP contribution in [0.15, 0.2) is 90.1 Å². The van der Waals surface area contributed by atoms with Crippen molar-refractivity contribution in [3.8, 4) is 0 Å². The van der Waals surface area contributed by atoms with E-state index in [4.69, 9.17) is 10.7 Å². The van der Waals surface area contributed by atoms with E-state index in [1.807, 2.05) is 31.2 Å². The second kappa shape index (κ2) is 18.1. The number of hydrogen-bond donors (Lipinski definition) is 4. The molecule has 37 heavy (non-hydrogen) atoms. The van der Waals surface area contributed by atoms with Crippen molar-refractivity contribution in [2.75, 3.05) is 22.6 Å². The molecule has 3 aromatic carbocycles. The van der Waals surface area contributed by atoms with Gasteiger partial charge >= 0.3 is 0 Å². The number of nitrogens with two attached hydrogens (primary N) is 1. The number of nitrogens with zero attached hydrogens (tertiary/aromatic N) is 1. The second-order valence-electron chi connectivity index (χ2n) is 8.95. The zero-order chi connectivity index (χ0) is 27.6. The molecule has 200 valence electrons. The number of thiol groups is 1. The number of allylic oxidation sites excluding steroid dienone is 1. The Kier molecular flexibility index (Phi) is 15.6. The van der Waals surface area contributed by atoms with Gasteiger partial charge in [0.2, 0.25) is 0 Å². The minimum Gasteiger partial charge on any atom is -0.397 e. The van der Waals surface area contributed by atoms with E-state index >= 15 is 0 Å². The molecule has 4 nitrogen and oxygen atoms in total. The van der Waals surface area contributed by atoms with Crippen LogP contribution in [0.1, 0.15) is 70.9 Å². The topological polar surface area (TPSA) is 62.4 Å². The van der Waals surface area contributed by atoms with E-state index < -0.39 is 0 Å². The van der Waals surface area contributed by atoms with Gasteiger partial charge in [-0.05, 0) is 73.0 Å². The first-order valence-corrected chi connectivity index (χ1v) is 14.0. The molecule has 0 saturated carbocycles. The molecule has 0 bridgehead atoms. The Morgan fingerprint density at radius 1 is 0.865 bits per heavy atom. The van der Waals surface area contributed by atoms with Gasteiger partial charge in [0.15, 0.2) is 0 Å². The van der Waals surface area contributed by atoms with E-state index in [0.717, 1.165) is 40.6 Å². The number of amidine groups is 1. The molecule has 4 N–H and O–H groups in total. The molecule has 0 aliphatic rings. The van der Waals surface area contributed by atoms with Crippen LogP contribution in [0.5, 0.6) is 0 Å². The van der Waals surface area contributed by atoms with E-state index in [9.17, 15) is 0 Å². The lowest BCUT2D eigenvalue weighted by Gasteiger charge is -2.14. The van der Waals surface area contributed by atoms with Crippen molar-refractivity contribution in [1.82, 2.24) is 0 Å². The Morgan fingerprint density at radius 3 is 1.92 bits per heavy atom. The van der Waals surface area contributed by atoms with Crippen LogP contribution in [0.3, 0.4) is 0 Å². The minimum absolute atomic E-state index is 0.553. The molecule has 0 radical (unpaired) electrons. The van der Waals surface area contributed by atoms with Crippen molar-refractivity contribution in [3.05, 3.63) is 96.2 Å². The first-order valence-electron chi connectivity index (χ1n) is 13.1.